The highest BCUT2D eigenvalue weighted by Crippen LogP contribution is 2.34. The molecule has 0 aliphatic heterocycles. The smallest absolute Gasteiger partial charge is 0.317 e. The Bertz CT molecular complexity index is 423. The van der Waals surface area contributed by atoms with Gasteiger partial charge in [0.25, 0.3) is 0 Å². The first-order valence-electron chi connectivity index (χ1n) is 6.25. The predicted molar refractivity (Wildman–Crippen MR) is 70.4 cm³/mol. The molecule has 0 heterocycles. The fourth-order valence-corrected chi connectivity index (χ4v) is 2.38. The summed E-state index contributed by atoms with van der Waals surface area (Å²) in [6.45, 7) is 5.35. The van der Waals surface area contributed by atoms with Crippen molar-refractivity contribution in [1.29, 1.82) is 0 Å². The summed E-state index contributed by atoms with van der Waals surface area (Å²) in [7, 11) is 0. The Morgan fingerprint density at radius 1 is 1.22 bits per heavy atom. The molecule has 3 nitrogen and oxygen atoms in total. The van der Waals surface area contributed by atoms with Crippen molar-refractivity contribution >= 4 is 11.8 Å². The molecule has 0 spiro atoms. The molecule has 18 heavy (non-hydrogen) atoms. The molecule has 0 bridgehead atoms. The lowest BCUT2D eigenvalue weighted by Crippen LogP contribution is -2.44. The molecule has 0 aliphatic carbocycles. The molecule has 1 atom stereocenters. The summed E-state index contributed by atoms with van der Waals surface area (Å²) >= 11 is 0. The zero-order valence-corrected chi connectivity index (χ0v) is 11.1. The summed E-state index contributed by atoms with van der Waals surface area (Å²) in [5.41, 5.74) is -0.405. The first-order chi connectivity index (χ1) is 8.45. The van der Waals surface area contributed by atoms with Gasteiger partial charge >= 0.3 is 5.97 Å². The van der Waals surface area contributed by atoms with Gasteiger partial charge in [0.05, 0.1) is 0 Å². The molecule has 0 fully saturated rings. The summed E-state index contributed by atoms with van der Waals surface area (Å²) in [4.78, 5) is 23.9. The number of benzene rings is 1. The highest BCUT2D eigenvalue weighted by Gasteiger charge is 2.46. The topological polar surface area (TPSA) is 54.4 Å². The Kier molecular flexibility index (Phi) is 4.65. The van der Waals surface area contributed by atoms with Gasteiger partial charge in [-0.3, -0.25) is 9.59 Å². The maximum Gasteiger partial charge on any atom is 0.317 e. The van der Waals surface area contributed by atoms with Gasteiger partial charge < -0.3 is 5.11 Å². The van der Waals surface area contributed by atoms with Crippen LogP contribution in [0, 0.1) is 11.3 Å². The molecule has 1 N–H and O–H groups in total. The second kappa shape index (κ2) is 5.80. The second-order valence-electron chi connectivity index (χ2n) is 4.87. The molecule has 0 aromatic heterocycles. The van der Waals surface area contributed by atoms with E-state index in [2.05, 4.69) is 0 Å². The lowest BCUT2D eigenvalue weighted by Gasteiger charge is -2.30. The van der Waals surface area contributed by atoms with Crippen LogP contribution in [0.4, 0.5) is 0 Å². The average Bonchev–Trinajstić information content (AvgIpc) is 2.30. The van der Waals surface area contributed by atoms with Gasteiger partial charge in [0.2, 0.25) is 0 Å². The van der Waals surface area contributed by atoms with Gasteiger partial charge in [0.15, 0.2) is 5.78 Å². The van der Waals surface area contributed by atoms with Crippen molar-refractivity contribution in [3.05, 3.63) is 35.9 Å². The summed E-state index contributed by atoms with van der Waals surface area (Å²) in [5, 5.41) is 9.42. The lowest BCUT2D eigenvalue weighted by atomic mass is 9.70. The van der Waals surface area contributed by atoms with E-state index < -0.39 is 11.4 Å². The maximum atomic E-state index is 12.4. The average molecular weight is 248 g/mol. The molecule has 1 rings (SSSR count). The molecule has 0 saturated heterocycles. The Labute approximate surface area is 108 Å². The minimum atomic E-state index is -1.27. The van der Waals surface area contributed by atoms with Crippen molar-refractivity contribution in [2.75, 3.05) is 0 Å². The number of hydrogen-bond donors (Lipinski definition) is 1. The van der Waals surface area contributed by atoms with E-state index in [0.717, 1.165) is 5.56 Å². The molecular weight excluding hydrogens is 228 g/mol. The standard InChI is InChI=1S/C15H20O3/c1-4-15(11(2)3,14(17)18)13(16)10-12-8-6-5-7-9-12/h5-9,11H,4,10H2,1-3H3,(H,17,18). The highest BCUT2D eigenvalue weighted by atomic mass is 16.4. The number of Topliss-reactive ketones (excluding diaryl/α,β-unsaturated/α-hetero) is 1. The molecular formula is C15H20O3. The number of rotatable bonds is 6. The van der Waals surface area contributed by atoms with Gasteiger partial charge in [-0.15, -0.1) is 0 Å². The third-order valence-corrected chi connectivity index (χ3v) is 3.63. The SMILES string of the molecule is CCC(C(=O)O)(C(=O)Cc1ccccc1)C(C)C. The van der Waals surface area contributed by atoms with Crippen LogP contribution in [0.25, 0.3) is 0 Å². The van der Waals surface area contributed by atoms with E-state index >= 15 is 0 Å². The van der Waals surface area contributed by atoms with Crippen LogP contribution in [0.15, 0.2) is 30.3 Å². The molecule has 1 unspecified atom stereocenters. The minimum absolute atomic E-state index is 0.180. The number of carboxylic acid groups (broad SMARTS) is 1. The van der Waals surface area contributed by atoms with Crippen LogP contribution < -0.4 is 0 Å². The van der Waals surface area contributed by atoms with Crippen molar-refractivity contribution in [2.24, 2.45) is 11.3 Å². The van der Waals surface area contributed by atoms with Crippen molar-refractivity contribution < 1.29 is 14.7 Å². The first-order valence-corrected chi connectivity index (χ1v) is 6.25. The first kappa shape index (κ1) is 14.4. The van der Waals surface area contributed by atoms with E-state index in [9.17, 15) is 14.7 Å². The molecule has 3 heteroatoms. The minimum Gasteiger partial charge on any atom is -0.480 e. The number of hydrogen-bond acceptors (Lipinski definition) is 2. The third-order valence-electron chi connectivity index (χ3n) is 3.63. The van der Waals surface area contributed by atoms with Crippen LogP contribution >= 0.6 is 0 Å². The van der Waals surface area contributed by atoms with E-state index in [1.54, 1.807) is 20.8 Å². The van der Waals surface area contributed by atoms with Gasteiger partial charge in [-0.1, -0.05) is 51.1 Å². The maximum absolute atomic E-state index is 12.4. The largest absolute Gasteiger partial charge is 0.480 e. The normalized spacial score (nSPS) is 14.2. The van der Waals surface area contributed by atoms with Crippen molar-refractivity contribution in [3.8, 4) is 0 Å². The van der Waals surface area contributed by atoms with Gasteiger partial charge in [-0.2, -0.15) is 0 Å². The number of carbonyl (C=O) groups is 2. The van der Waals surface area contributed by atoms with Gasteiger partial charge in [-0.05, 0) is 17.9 Å². The van der Waals surface area contributed by atoms with Crippen molar-refractivity contribution in [2.45, 2.75) is 33.6 Å². The Balaban J connectivity index is 3.01. The summed E-state index contributed by atoms with van der Waals surface area (Å²) in [6.07, 6.45) is 0.505. The molecule has 1 aromatic rings. The van der Waals surface area contributed by atoms with Crippen LogP contribution in [0.1, 0.15) is 32.8 Å². The summed E-state index contributed by atoms with van der Waals surface area (Å²) in [6, 6.07) is 9.28. The summed E-state index contributed by atoms with van der Waals surface area (Å²) < 4.78 is 0. The zero-order valence-electron chi connectivity index (χ0n) is 11.1. The van der Waals surface area contributed by atoms with Crippen LogP contribution in [-0.2, 0) is 16.0 Å². The van der Waals surface area contributed by atoms with Gasteiger partial charge in [0, 0.05) is 6.42 Å². The van der Waals surface area contributed by atoms with Crippen LogP contribution in [0.5, 0.6) is 0 Å². The van der Waals surface area contributed by atoms with Gasteiger partial charge in [-0.25, -0.2) is 0 Å². The fourth-order valence-electron chi connectivity index (χ4n) is 2.38. The monoisotopic (exact) mass is 248 g/mol. The van der Waals surface area contributed by atoms with E-state index in [4.69, 9.17) is 0 Å². The van der Waals surface area contributed by atoms with E-state index in [0.29, 0.717) is 6.42 Å². The Hall–Kier alpha value is -1.64. The number of carboxylic acids is 1. The Morgan fingerprint density at radius 3 is 2.17 bits per heavy atom. The Morgan fingerprint density at radius 2 is 1.78 bits per heavy atom. The van der Waals surface area contributed by atoms with Gasteiger partial charge in [0.1, 0.15) is 5.41 Å². The number of aliphatic carboxylic acids is 1. The van der Waals surface area contributed by atoms with E-state index in [1.807, 2.05) is 30.3 Å². The van der Waals surface area contributed by atoms with E-state index in [-0.39, 0.29) is 18.1 Å². The highest BCUT2D eigenvalue weighted by molar-refractivity contribution is 6.04. The summed E-state index contributed by atoms with van der Waals surface area (Å²) in [5.74, 6) is -1.43. The molecule has 98 valence electrons. The predicted octanol–water partition coefficient (Wildman–Crippen LogP) is 2.94. The van der Waals surface area contributed by atoms with E-state index in [1.165, 1.54) is 0 Å². The van der Waals surface area contributed by atoms with Crippen LogP contribution in [-0.4, -0.2) is 16.9 Å². The van der Waals surface area contributed by atoms with Crippen LogP contribution in [0.3, 0.4) is 0 Å². The van der Waals surface area contributed by atoms with Crippen LogP contribution in [0.2, 0.25) is 0 Å². The molecule has 1 aromatic carbocycles. The number of carbonyl (C=O) groups excluding carboxylic acids is 1. The third kappa shape index (κ3) is 2.61. The molecule has 0 aliphatic rings. The second-order valence-corrected chi connectivity index (χ2v) is 4.87. The molecule has 0 radical (unpaired) electrons. The van der Waals surface area contributed by atoms with Crippen molar-refractivity contribution in [1.82, 2.24) is 0 Å². The fraction of sp³-hybridized carbons (Fsp3) is 0.467. The number of ketones is 1. The quantitative estimate of drug-likeness (QED) is 0.787. The lowest BCUT2D eigenvalue weighted by molar-refractivity contribution is -0.158. The van der Waals surface area contributed by atoms with Crippen molar-refractivity contribution in [3.63, 3.8) is 0 Å². The molecule has 0 amide bonds. The molecule has 0 saturated carbocycles. The zero-order chi connectivity index (χ0) is 13.8.